The Morgan fingerprint density at radius 3 is 2.21 bits per heavy atom. The molecule has 1 fully saturated rings. The van der Waals surface area contributed by atoms with Crippen LogP contribution in [-0.4, -0.2) is 65.7 Å². The normalized spacial score (nSPS) is 20.0. The van der Waals surface area contributed by atoms with Crippen LogP contribution in [0.15, 0.2) is 5.38 Å². The molecule has 0 spiro atoms. The SMILES string of the molecule is COC(=O)C1CCCCCC(NC(=O)c2csc([C@@H](C[C@H](C(C)C)N(C)C(=O)OC(C)(C)C)OC(C)=O)n2)CCCC1. The number of carbonyl (C=O) groups excluding carboxylic acids is 4. The van der Waals surface area contributed by atoms with Gasteiger partial charge in [-0.15, -0.1) is 11.3 Å². The summed E-state index contributed by atoms with van der Waals surface area (Å²) in [5, 5.41) is 5.36. The minimum absolute atomic E-state index is 0.0226. The summed E-state index contributed by atoms with van der Waals surface area (Å²) in [5.41, 5.74) is -0.354. The molecule has 2 rings (SSSR count). The highest BCUT2D eigenvalue weighted by atomic mass is 32.1. The van der Waals surface area contributed by atoms with Gasteiger partial charge < -0.3 is 24.4 Å². The van der Waals surface area contributed by atoms with Crippen LogP contribution in [0.5, 0.6) is 0 Å². The average Bonchev–Trinajstić information content (AvgIpc) is 3.38. The lowest BCUT2D eigenvalue weighted by atomic mass is 9.95. The van der Waals surface area contributed by atoms with Gasteiger partial charge >= 0.3 is 18.0 Å². The maximum absolute atomic E-state index is 13.2. The number of hydrogen-bond acceptors (Lipinski definition) is 9. The van der Waals surface area contributed by atoms with Crippen molar-refractivity contribution in [3.63, 3.8) is 0 Å². The molecular formula is C31H51N3O7S. The molecule has 1 aromatic heterocycles. The van der Waals surface area contributed by atoms with Gasteiger partial charge in [0.1, 0.15) is 16.3 Å². The first-order valence-electron chi connectivity index (χ1n) is 15.2. The van der Waals surface area contributed by atoms with Gasteiger partial charge in [0.25, 0.3) is 5.91 Å². The third-order valence-electron chi connectivity index (χ3n) is 7.57. The summed E-state index contributed by atoms with van der Waals surface area (Å²) in [6.45, 7) is 10.8. The average molecular weight is 610 g/mol. The highest BCUT2D eigenvalue weighted by Gasteiger charge is 2.33. The van der Waals surface area contributed by atoms with Crippen molar-refractivity contribution in [3.8, 4) is 0 Å². The number of esters is 2. The largest absolute Gasteiger partial charge is 0.469 e. The van der Waals surface area contributed by atoms with Gasteiger partial charge in [-0.05, 0) is 52.4 Å². The minimum Gasteiger partial charge on any atom is -0.469 e. The molecule has 4 atom stereocenters. The number of thiazole rings is 1. The molecule has 0 radical (unpaired) electrons. The van der Waals surface area contributed by atoms with E-state index < -0.39 is 23.8 Å². The number of rotatable bonds is 9. The number of hydrogen-bond donors (Lipinski definition) is 1. The lowest BCUT2D eigenvalue weighted by molar-refractivity contribution is -0.148. The molecule has 11 heteroatoms. The summed E-state index contributed by atoms with van der Waals surface area (Å²) < 4.78 is 16.2. The van der Waals surface area contributed by atoms with E-state index in [0.717, 1.165) is 57.8 Å². The molecule has 2 amide bonds. The summed E-state index contributed by atoms with van der Waals surface area (Å²) >= 11 is 1.27. The Morgan fingerprint density at radius 2 is 1.64 bits per heavy atom. The van der Waals surface area contributed by atoms with E-state index in [4.69, 9.17) is 14.2 Å². The van der Waals surface area contributed by atoms with Crippen LogP contribution in [0.2, 0.25) is 0 Å². The summed E-state index contributed by atoms with van der Waals surface area (Å²) in [5.74, 6) is -0.836. The molecule has 0 aliphatic heterocycles. The zero-order chi connectivity index (χ0) is 31.4. The molecule has 1 aliphatic rings. The summed E-state index contributed by atoms with van der Waals surface area (Å²) in [6, 6.07) is -0.273. The summed E-state index contributed by atoms with van der Waals surface area (Å²) in [4.78, 5) is 56.2. The molecule has 238 valence electrons. The Labute approximate surface area is 255 Å². The van der Waals surface area contributed by atoms with Gasteiger partial charge in [0, 0.05) is 37.9 Å². The zero-order valence-electron chi connectivity index (χ0n) is 26.7. The third kappa shape index (κ3) is 11.9. The van der Waals surface area contributed by atoms with Crippen molar-refractivity contribution in [1.29, 1.82) is 0 Å². The molecule has 0 saturated heterocycles. The van der Waals surface area contributed by atoms with Crippen LogP contribution in [0.1, 0.15) is 127 Å². The van der Waals surface area contributed by atoms with Crippen molar-refractivity contribution in [1.82, 2.24) is 15.2 Å². The van der Waals surface area contributed by atoms with Gasteiger partial charge in [-0.2, -0.15) is 0 Å². The highest BCUT2D eigenvalue weighted by molar-refractivity contribution is 7.09. The molecule has 1 N–H and O–H groups in total. The Hall–Kier alpha value is -2.69. The van der Waals surface area contributed by atoms with Crippen molar-refractivity contribution in [2.45, 2.75) is 130 Å². The number of nitrogens with zero attached hydrogens (tertiary/aromatic N) is 2. The molecule has 1 heterocycles. The van der Waals surface area contributed by atoms with Gasteiger partial charge in [0.05, 0.1) is 13.0 Å². The molecule has 0 aromatic carbocycles. The topological polar surface area (TPSA) is 124 Å². The van der Waals surface area contributed by atoms with E-state index in [2.05, 4.69) is 10.3 Å². The Bertz CT molecular complexity index is 1040. The first-order chi connectivity index (χ1) is 19.7. The van der Waals surface area contributed by atoms with Gasteiger partial charge in [0.2, 0.25) is 0 Å². The maximum Gasteiger partial charge on any atom is 0.410 e. The highest BCUT2D eigenvalue weighted by Crippen LogP contribution is 2.31. The number of nitrogens with one attached hydrogen (secondary N) is 1. The Morgan fingerprint density at radius 1 is 1.05 bits per heavy atom. The van der Waals surface area contributed by atoms with E-state index in [1.54, 1.807) is 17.3 Å². The van der Waals surface area contributed by atoms with Crippen molar-refractivity contribution in [3.05, 3.63) is 16.1 Å². The molecule has 1 saturated carbocycles. The van der Waals surface area contributed by atoms with E-state index in [9.17, 15) is 19.2 Å². The lowest BCUT2D eigenvalue weighted by Gasteiger charge is -2.34. The summed E-state index contributed by atoms with van der Waals surface area (Å²) in [7, 11) is 3.13. The van der Waals surface area contributed by atoms with Crippen LogP contribution in [0.25, 0.3) is 0 Å². The first kappa shape index (κ1) is 35.5. The van der Waals surface area contributed by atoms with E-state index >= 15 is 0 Å². The van der Waals surface area contributed by atoms with Crippen LogP contribution < -0.4 is 5.32 Å². The Kier molecular flexibility index (Phi) is 14.2. The number of ether oxygens (including phenoxy) is 3. The van der Waals surface area contributed by atoms with E-state index in [0.29, 0.717) is 11.4 Å². The van der Waals surface area contributed by atoms with E-state index in [1.807, 2.05) is 34.6 Å². The molecule has 42 heavy (non-hydrogen) atoms. The molecule has 1 aliphatic carbocycles. The van der Waals surface area contributed by atoms with Gasteiger partial charge in [-0.1, -0.05) is 46.0 Å². The first-order valence-corrected chi connectivity index (χ1v) is 16.1. The van der Waals surface area contributed by atoms with Crippen molar-refractivity contribution >= 4 is 35.3 Å². The number of amides is 2. The van der Waals surface area contributed by atoms with E-state index in [-0.39, 0.29) is 41.5 Å². The quantitative estimate of drug-likeness (QED) is 0.251. The van der Waals surface area contributed by atoms with Gasteiger partial charge in [0.15, 0.2) is 6.10 Å². The predicted molar refractivity (Wildman–Crippen MR) is 162 cm³/mol. The second-order valence-corrected chi connectivity index (χ2v) is 13.5. The molecule has 10 nitrogen and oxygen atoms in total. The van der Waals surface area contributed by atoms with Crippen LogP contribution in [0, 0.1) is 11.8 Å². The fourth-order valence-corrected chi connectivity index (χ4v) is 6.18. The Balaban J connectivity index is 2.11. The molecule has 2 unspecified atom stereocenters. The minimum atomic E-state index is -0.716. The standard InChI is InChI=1S/C31H51N3O7S/c1-20(2)25(34(7)30(38)41-31(4,5)6)18-26(40-21(3)35)28-33-24(19-42-28)27(36)32-23-16-11-9-10-14-22(29(37)39-8)15-12-13-17-23/h19-20,22-23,25-26H,9-18H2,1-8H3,(H,32,36)/t22?,23?,25-,26-/m1/s1. The number of aromatic nitrogens is 1. The summed E-state index contributed by atoms with van der Waals surface area (Å²) in [6.07, 6.45) is 7.26. The smallest absolute Gasteiger partial charge is 0.410 e. The predicted octanol–water partition coefficient (Wildman–Crippen LogP) is 6.44. The van der Waals surface area contributed by atoms with E-state index in [1.165, 1.54) is 25.4 Å². The molecule has 0 bridgehead atoms. The number of carbonyl (C=O) groups is 4. The fraction of sp³-hybridized carbons (Fsp3) is 0.774. The number of methoxy groups -OCH3 is 1. The fourth-order valence-electron chi connectivity index (χ4n) is 5.34. The third-order valence-corrected chi connectivity index (χ3v) is 8.51. The lowest BCUT2D eigenvalue weighted by Crippen LogP contribution is -2.44. The van der Waals surface area contributed by atoms with Crippen LogP contribution >= 0.6 is 11.3 Å². The van der Waals surface area contributed by atoms with Crippen molar-refractivity contribution < 1.29 is 33.4 Å². The van der Waals surface area contributed by atoms with Crippen LogP contribution in [-0.2, 0) is 23.8 Å². The van der Waals surface area contributed by atoms with Gasteiger partial charge in [-0.3, -0.25) is 14.4 Å². The van der Waals surface area contributed by atoms with Crippen LogP contribution in [0.3, 0.4) is 0 Å². The molecular weight excluding hydrogens is 558 g/mol. The zero-order valence-corrected chi connectivity index (χ0v) is 27.5. The van der Waals surface area contributed by atoms with Crippen LogP contribution in [0.4, 0.5) is 4.79 Å². The molecule has 1 aromatic rings. The second-order valence-electron chi connectivity index (χ2n) is 12.6. The van der Waals surface area contributed by atoms with Crippen molar-refractivity contribution in [2.75, 3.05) is 14.2 Å². The van der Waals surface area contributed by atoms with Crippen molar-refractivity contribution in [2.24, 2.45) is 11.8 Å². The maximum atomic E-state index is 13.2. The second kappa shape index (κ2) is 16.8. The monoisotopic (exact) mass is 609 g/mol. The van der Waals surface area contributed by atoms with Gasteiger partial charge in [-0.25, -0.2) is 9.78 Å².